The minimum absolute atomic E-state index is 0.153. The van der Waals surface area contributed by atoms with Crippen molar-refractivity contribution < 1.29 is 14.3 Å². The molecule has 0 unspecified atom stereocenters. The fourth-order valence-corrected chi connectivity index (χ4v) is 5.72. The number of carbonyl (C=O) groups excluding carboxylic acids is 2. The zero-order chi connectivity index (χ0) is 24.2. The smallest absolute Gasteiger partial charge is 0.277 e. The van der Waals surface area contributed by atoms with E-state index in [1.165, 1.54) is 49.0 Å². The largest absolute Gasteiger partial charge is 0.497 e. The van der Waals surface area contributed by atoms with Gasteiger partial charge in [0.2, 0.25) is 0 Å². The molecule has 6 rings (SSSR count). The molecule has 2 aromatic carbocycles. The Balaban J connectivity index is 1.33. The van der Waals surface area contributed by atoms with E-state index in [1.807, 2.05) is 12.1 Å². The lowest BCUT2D eigenvalue weighted by Crippen LogP contribution is -2.39. The molecule has 1 saturated heterocycles. The lowest BCUT2D eigenvalue weighted by atomic mass is 10.00. The Morgan fingerprint density at radius 2 is 1.63 bits per heavy atom. The predicted molar refractivity (Wildman–Crippen MR) is 132 cm³/mol. The molecule has 3 aromatic rings. The Morgan fingerprint density at radius 3 is 2.23 bits per heavy atom. The molecule has 1 aliphatic carbocycles. The normalized spacial score (nSPS) is 19.0. The van der Waals surface area contributed by atoms with Crippen molar-refractivity contribution in [3.63, 3.8) is 0 Å². The van der Waals surface area contributed by atoms with E-state index in [2.05, 4.69) is 34.3 Å². The number of aromatic nitrogens is 2. The summed E-state index contributed by atoms with van der Waals surface area (Å²) in [5.41, 5.74) is 9.82. The first-order valence-corrected chi connectivity index (χ1v) is 12.3. The van der Waals surface area contributed by atoms with Crippen molar-refractivity contribution in [2.24, 2.45) is 5.73 Å². The Kier molecular flexibility index (Phi) is 5.14. The summed E-state index contributed by atoms with van der Waals surface area (Å²) in [6.07, 6.45) is 5.47. The second-order valence-corrected chi connectivity index (χ2v) is 9.63. The number of primary amides is 1. The van der Waals surface area contributed by atoms with E-state index in [9.17, 15) is 9.59 Å². The summed E-state index contributed by atoms with van der Waals surface area (Å²) in [7, 11) is 1.60. The van der Waals surface area contributed by atoms with Crippen LogP contribution >= 0.6 is 0 Å². The number of carbonyl (C=O) groups is 2. The molecule has 0 bridgehead atoms. The quantitative estimate of drug-likeness (QED) is 0.596. The van der Waals surface area contributed by atoms with E-state index in [4.69, 9.17) is 10.5 Å². The molecule has 1 aromatic heterocycles. The minimum atomic E-state index is -0.629. The first kappa shape index (κ1) is 21.9. The van der Waals surface area contributed by atoms with Crippen molar-refractivity contribution in [2.45, 2.75) is 37.6 Å². The molecule has 2 fully saturated rings. The van der Waals surface area contributed by atoms with Gasteiger partial charge < -0.3 is 15.4 Å². The summed E-state index contributed by atoms with van der Waals surface area (Å²) in [6, 6.07) is 15.7. The Morgan fingerprint density at radius 1 is 0.971 bits per heavy atom. The first-order chi connectivity index (χ1) is 17.0. The highest BCUT2D eigenvalue weighted by atomic mass is 16.5. The van der Waals surface area contributed by atoms with Gasteiger partial charge in [0.25, 0.3) is 11.8 Å². The van der Waals surface area contributed by atoms with Gasteiger partial charge in [-0.15, -0.1) is 0 Å². The van der Waals surface area contributed by atoms with Crippen LogP contribution in [0.4, 0.5) is 5.69 Å². The van der Waals surface area contributed by atoms with Gasteiger partial charge in [0, 0.05) is 23.3 Å². The van der Waals surface area contributed by atoms with Crippen LogP contribution in [-0.4, -0.2) is 53.2 Å². The molecule has 2 N–H and O–H groups in total. The lowest BCUT2D eigenvalue weighted by Gasteiger charge is -2.30. The number of anilines is 1. The number of nitrogens with zero attached hydrogens (tertiary/aromatic N) is 4. The SMILES string of the molecule is COc1ccc(-n2nc(C(N)=O)c3c2C(=O)N(c2ccc(C4(N5CCCC5)CC4)cc2)CC3)cc1. The van der Waals surface area contributed by atoms with Crippen LogP contribution in [0.2, 0.25) is 0 Å². The van der Waals surface area contributed by atoms with Crippen molar-refractivity contribution >= 4 is 17.5 Å². The van der Waals surface area contributed by atoms with Gasteiger partial charge in [0.15, 0.2) is 5.69 Å². The van der Waals surface area contributed by atoms with Crippen LogP contribution in [0.25, 0.3) is 5.69 Å². The number of methoxy groups -OCH3 is 1. The van der Waals surface area contributed by atoms with Gasteiger partial charge in [-0.1, -0.05) is 12.1 Å². The number of benzene rings is 2. The van der Waals surface area contributed by atoms with Gasteiger partial charge in [-0.25, -0.2) is 4.68 Å². The summed E-state index contributed by atoms with van der Waals surface area (Å²) < 4.78 is 6.78. The second kappa shape index (κ2) is 8.23. The highest BCUT2D eigenvalue weighted by molar-refractivity contribution is 6.09. The maximum absolute atomic E-state index is 13.8. The summed E-state index contributed by atoms with van der Waals surface area (Å²) >= 11 is 0. The van der Waals surface area contributed by atoms with Crippen LogP contribution in [0.5, 0.6) is 5.75 Å². The molecule has 180 valence electrons. The van der Waals surface area contributed by atoms with Crippen LogP contribution in [0.1, 0.15) is 57.8 Å². The summed E-state index contributed by atoms with van der Waals surface area (Å²) in [5, 5.41) is 4.44. The van der Waals surface area contributed by atoms with E-state index < -0.39 is 5.91 Å². The fraction of sp³-hybridized carbons (Fsp3) is 0.370. The topological polar surface area (TPSA) is 93.7 Å². The summed E-state index contributed by atoms with van der Waals surface area (Å²) in [5.74, 6) is -0.119. The number of rotatable bonds is 6. The number of fused-ring (bicyclic) bond motifs is 1. The molecule has 8 heteroatoms. The van der Waals surface area contributed by atoms with E-state index in [0.29, 0.717) is 35.7 Å². The van der Waals surface area contributed by atoms with Gasteiger partial charge in [-0.05, 0) is 87.2 Å². The zero-order valence-corrected chi connectivity index (χ0v) is 19.9. The number of hydrogen-bond acceptors (Lipinski definition) is 5. The predicted octanol–water partition coefficient (Wildman–Crippen LogP) is 3.27. The maximum atomic E-state index is 13.8. The third-order valence-corrected chi connectivity index (χ3v) is 7.72. The van der Waals surface area contributed by atoms with Gasteiger partial charge in [-0.2, -0.15) is 5.10 Å². The van der Waals surface area contributed by atoms with Crippen molar-refractivity contribution in [3.05, 3.63) is 71.0 Å². The minimum Gasteiger partial charge on any atom is -0.497 e. The Bertz CT molecular complexity index is 1290. The third kappa shape index (κ3) is 3.51. The molecule has 0 spiro atoms. The Hall–Kier alpha value is -3.65. The van der Waals surface area contributed by atoms with Gasteiger partial charge >= 0.3 is 0 Å². The highest BCUT2D eigenvalue weighted by Gasteiger charge is 2.49. The summed E-state index contributed by atoms with van der Waals surface area (Å²) in [6.45, 7) is 2.82. The second-order valence-electron chi connectivity index (χ2n) is 9.63. The molecule has 2 amide bonds. The van der Waals surface area contributed by atoms with Crippen molar-refractivity contribution in [3.8, 4) is 11.4 Å². The number of nitrogens with two attached hydrogens (primary N) is 1. The third-order valence-electron chi connectivity index (χ3n) is 7.72. The van der Waals surface area contributed by atoms with Gasteiger partial charge in [-0.3, -0.25) is 14.5 Å². The fourth-order valence-electron chi connectivity index (χ4n) is 5.72. The average Bonchev–Trinajstić information content (AvgIpc) is 3.31. The molecule has 35 heavy (non-hydrogen) atoms. The van der Waals surface area contributed by atoms with Crippen LogP contribution in [0.3, 0.4) is 0 Å². The first-order valence-electron chi connectivity index (χ1n) is 12.3. The van der Waals surface area contributed by atoms with Crippen molar-refractivity contribution in [1.82, 2.24) is 14.7 Å². The van der Waals surface area contributed by atoms with Gasteiger partial charge in [0.05, 0.1) is 12.8 Å². The zero-order valence-electron chi connectivity index (χ0n) is 19.9. The molecule has 3 aliphatic rings. The van der Waals surface area contributed by atoms with Crippen LogP contribution in [0, 0.1) is 0 Å². The highest BCUT2D eigenvalue weighted by Crippen LogP contribution is 2.52. The molecule has 2 aliphatic heterocycles. The van der Waals surface area contributed by atoms with Crippen molar-refractivity contribution in [1.29, 1.82) is 0 Å². The maximum Gasteiger partial charge on any atom is 0.277 e. The van der Waals surface area contributed by atoms with Crippen LogP contribution in [-0.2, 0) is 12.0 Å². The molecular formula is C27H29N5O3. The monoisotopic (exact) mass is 471 g/mol. The average molecular weight is 472 g/mol. The Labute approximate surface area is 204 Å². The summed E-state index contributed by atoms with van der Waals surface area (Å²) in [4.78, 5) is 30.3. The van der Waals surface area contributed by atoms with E-state index in [1.54, 1.807) is 24.1 Å². The van der Waals surface area contributed by atoms with E-state index >= 15 is 0 Å². The number of amides is 2. The number of ether oxygens (including phenoxy) is 1. The number of hydrogen-bond donors (Lipinski definition) is 1. The van der Waals surface area contributed by atoms with Crippen LogP contribution < -0.4 is 15.4 Å². The molecule has 1 saturated carbocycles. The molecule has 0 radical (unpaired) electrons. The molecular weight excluding hydrogens is 442 g/mol. The van der Waals surface area contributed by atoms with Gasteiger partial charge in [0.1, 0.15) is 11.4 Å². The van der Waals surface area contributed by atoms with E-state index in [-0.39, 0.29) is 17.1 Å². The number of likely N-dealkylation sites (tertiary alicyclic amines) is 1. The van der Waals surface area contributed by atoms with E-state index in [0.717, 1.165) is 5.69 Å². The molecule has 0 atom stereocenters. The molecule has 3 heterocycles. The molecule has 8 nitrogen and oxygen atoms in total. The van der Waals surface area contributed by atoms with Crippen molar-refractivity contribution in [2.75, 3.05) is 31.6 Å². The standard InChI is InChI=1S/C27H29N5O3/c1-35-21-10-8-20(9-11-21)32-24-22(23(29-32)25(28)33)12-17-31(26(24)34)19-6-4-18(5-7-19)27(13-14-27)30-15-2-3-16-30/h4-11H,2-3,12-17H2,1H3,(H2,28,33). The lowest BCUT2D eigenvalue weighted by molar-refractivity contribution is 0.0972. The van der Waals surface area contributed by atoms with Crippen LogP contribution in [0.15, 0.2) is 48.5 Å².